The van der Waals surface area contributed by atoms with E-state index in [1.165, 1.54) is 0 Å². The van der Waals surface area contributed by atoms with Crippen LogP contribution in [0.2, 0.25) is 10.0 Å². The summed E-state index contributed by atoms with van der Waals surface area (Å²) in [6.07, 6.45) is 5.82. The third-order valence-corrected chi connectivity index (χ3v) is 5.79. The maximum atomic E-state index is 12.7. The number of hydrogen-bond donors (Lipinski definition) is 1. The first-order valence-corrected chi connectivity index (χ1v) is 9.79. The minimum Gasteiger partial charge on any atom is -0.441 e. The maximum Gasteiger partial charge on any atom is 0.223 e. The molecule has 0 saturated carbocycles. The zero-order chi connectivity index (χ0) is 18.1. The fourth-order valence-electron chi connectivity index (χ4n) is 3.97. The van der Waals surface area contributed by atoms with Gasteiger partial charge in [0.15, 0.2) is 11.7 Å². The van der Waals surface area contributed by atoms with Gasteiger partial charge in [-0.3, -0.25) is 4.79 Å². The Balaban J connectivity index is 1.41. The topological polar surface area (TPSA) is 58.4 Å². The van der Waals surface area contributed by atoms with E-state index < -0.39 is 0 Å². The van der Waals surface area contributed by atoms with Gasteiger partial charge in [0.2, 0.25) is 5.91 Å². The molecule has 2 saturated heterocycles. The van der Waals surface area contributed by atoms with Crippen LogP contribution in [0.25, 0.3) is 11.3 Å². The molecule has 138 valence electrons. The summed E-state index contributed by atoms with van der Waals surface area (Å²) in [6, 6.07) is 5.96. The Morgan fingerprint density at radius 3 is 2.96 bits per heavy atom. The summed E-state index contributed by atoms with van der Waals surface area (Å²) in [5, 5.41) is 4.51. The van der Waals surface area contributed by atoms with Crippen LogP contribution in [0.15, 0.2) is 28.8 Å². The molecule has 2 aliphatic heterocycles. The second-order valence-electron chi connectivity index (χ2n) is 6.92. The van der Waals surface area contributed by atoms with Crippen LogP contribution in [0, 0.1) is 0 Å². The number of rotatable bonds is 4. The number of nitrogens with zero attached hydrogens (tertiary/aromatic N) is 2. The predicted molar refractivity (Wildman–Crippen MR) is 101 cm³/mol. The largest absolute Gasteiger partial charge is 0.441 e. The smallest absolute Gasteiger partial charge is 0.223 e. The number of carbonyl (C=O) groups is 1. The van der Waals surface area contributed by atoms with Gasteiger partial charge < -0.3 is 14.6 Å². The van der Waals surface area contributed by atoms with Gasteiger partial charge in [0.25, 0.3) is 0 Å². The van der Waals surface area contributed by atoms with Crippen molar-refractivity contribution in [2.45, 2.75) is 44.2 Å². The Hall–Kier alpha value is -1.56. The minimum atomic E-state index is 0.200. The molecule has 2 bridgehead atoms. The average molecular weight is 394 g/mol. The number of oxazole rings is 1. The van der Waals surface area contributed by atoms with E-state index >= 15 is 0 Å². The van der Waals surface area contributed by atoms with Gasteiger partial charge in [0.05, 0.1) is 11.2 Å². The number of fused-ring (bicyclic) bond motifs is 2. The lowest BCUT2D eigenvalue weighted by molar-refractivity contribution is -0.133. The summed E-state index contributed by atoms with van der Waals surface area (Å²) in [6.45, 7) is 1.90. The van der Waals surface area contributed by atoms with Gasteiger partial charge in [-0.25, -0.2) is 4.98 Å². The van der Waals surface area contributed by atoms with Crippen molar-refractivity contribution in [3.05, 3.63) is 40.3 Å². The number of aryl methyl sites for hydroxylation is 1. The third-order valence-electron chi connectivity index (χ3n) is 5.25. The Morgan fingerprint density at radius 2 is 2.12 bits per heavy atom. The van der Waals surface area contributed by atoms with Crippen LogP contribution in [-0.2, 0) is 11.2 Å². The van der Waals surface area contributed by atoms with Gasteiger partial charge >= 0.3 is 0 Å². The number of halogens is 2. The lowest BCUT2D eigenvalue weighted by Gasteiger charge is -2.27. The van der Waals surface area contributed by atoms with Gasteiger partial charge in [0.1, 0.15) is 0 Å². The Kier molecular flexibility index (Phi) is 5.20. The minimum absolute atomic E-state index is 0.200. The summed E-state index contributed by atoms with van der Waals surface area (Å²) in [5.74, 6) is 1.35. The van der Waals surface area contributed by atoms with Crippen molar-refractivity contribution >= 4 is 29.1 Å². The fourth-order valence-corrected chi connectivity index (χ4v) is 4.47. The van der Waals surface area contributed by atoms with Crippen molar-refractivity contribution in [3.63, 3.8) is 0 Å². The van der Waals surface area contributed by atoms with E-state index in [0.29, 0.717) is 46.6 Å². The number of nitrogens with one attached hydrogen (secondary N) is 1. The summed E-state index contributed by atoms with van der Waals surface area (Å²) in [5.41, 5.74) is 0.748. The molecule has 2 aliphatic rings. The van der Waals surface area contributed by atoms with E-state index in [0.717, 1.165) is 37.9 Å². The van der Waals surface area contributed by atoms with Gasteiger partial charge in [0, 0.05) is 42.1 Å². The molecule has 0 spiro atoms. The van der Waals surface area contributed by atoms with Crippen LogP contribution >= 0.6 is 23.2 Å². The summed E-state index contributed by atoms with van der Waals surface area (Å²) in [7, 11) is 0. The van der Waals surface area contributed by atoms with Crippen molar-refractivity contribution < 1.29 is 9.21 Å². The SMILES string of the molecule is O=C(CCc1ncc(-c2ccc(Cl)cc2Cl)o1)N1C2CCNCC1CC2. The molecule has 1 aromatic carbocycles. The van der Waals surface area contributed by atoms with Crippen LogP contribution in [0.3, 0.4) is 0 Å². The predicted octanol–water partition coefficient (Wildman–Crippen LogP) is 3.93. The van der Waals surface area contributed by atoms with Crippen LogP contribution in [0.4, 0.5) is 0 Å². The second kappa shape index (κ2) is 7.59. The Morgan fingerprint density at radius 1 is 1.27 bits per heavy atom. The molecule has 5 nitrogen and oxygen atoms in total. The highest BCUT2D eigenvalue weighted by Gasteiger charge is 2.37. The standard InChI is InChI=1S/C19H21Cl2N3O2/c20-12-1-4-15(16(21)9-12)17-11-23-18(26-17)5-6-19(25)24-13-2-3-14(24)10-22-8-7-13/h1,4,9,11,13-14,22H,2-3,5-8,10H2. The van der Waals surface area contributed by atoms with Crippen molar-refractivity contribution in [1.82, 2.24) is 15.2 Å². The maximum absolute atomic E-state index is 12.7. The van der Waals surface area contributed by atoms with E-state index in [1.807, 2.05) is 6.07 Å². The molecular formula is C19H21Cl2N3O2. The summed E-state index contributed by atoms with van der Waals surface area (Å²) in [4.78, 5) is 19.1. The van der Waals surface area contributed by atoms with Crippen LogP contribution in [0.1, 0.15) is 31.6 Å². The van der Waals surface area contributed by atoms with Crippen molar-refractivity contribution in [3.8, 4) is 11.3 Å². The normalized spacial score (nSPS) is 22.5. The van der Waals surface area contributed by atoms with Crippen LogP contribution < -0.4 is 5.32 Å². The van der Waals surface area contributed by atoms with E-state index in [-0.39, 0.29) is 5.91 Å². The molecule has 2 atom stereocenters. The fraction of sp³-hybridized carbons (Fsp3) is 0.474. The second-order valence-corrected chi connectivity index (χ2v) is 7.76. The van der Waals surface area contributed by atoms with E-state index in [1.54, 1.807) is 18.3 Å². The highest BCUT2D eigenvalue weighted by Crippen LogP contribution is 2.31. The number of benzene rings is 1. The molecule has 0 radical (unpaired) electrons. The molecule has 26 heavy (non-hydrogen) atoms. The summed E-state index contributed by atoms with van der Waals surface area (Å²) >= 11 is 12.1. The van der Waals surface area contributed by atoms with Gasteiger partial charge in [-0.2, -0.15) is 0 Å². The zero-order valence-electron chi connectivity index (χ0n) is 14.4. The molecular weight excluding hydrogens is 373 g/mol. The molecule has 2 unspecified atom stereocenters. The molecule has 7 heteroatoms. The third kappa shape index (κ3) is 3.61. The summed E-state index contributed by atoms with van der Waals surface area (Å²) < 4.78 is 5.80. The molecule has 1 amide bonds. The molecule has 1 N–H and O–H groups in total. The van der Waals surface area contributed by atoms with Gasteiger partial charge in [-0.1, -0.05) is 23.2 Å². The number of hydrogen-bond acceptors (Lipinski definition) is 4. The number of amides is 1. The quantitative estimate of drug-likeness (QED) is 0.854. The number of carbonyl (C=O) groups excluding carboxylic acids is 1. The molecule has 1 aromatic heterocycles. The van der Waals surface area contributed by atoms with Gasteiger partial charge in [-0.15, -0.1) is 0 Å². The average Bonchev–Trinajstić information content (AvgIpc) is 3.16. The number of aromatic nitrogens is 1. The molecule has 2 aromatic rings. The molecule has 0 aliphatic carbocycles. The molecule has 4 rings (SSSR count). The lowest BCUT2D eigenvalue weighted by Crippen LogP contribution is -2.42. The van der Waals surface area contributed by atoms with Gasteiger partial charge in [-0.05, 0) is 44.0 Å². The Labute approximate surface area is 162 Å². The van der Waals surface area contributed by atoms with Crippen LogP contribution in [-0.4, -0.2) is 41.0 Å². The molecule has 3 heterocycles. The van der Waals surface area contributed by atoms with Crippen molar-refractivity contribution in [1.29, 1.82) is 0 Å². The first kappa shape index (κ1) is 17.8. The first-order chi connectivity index (χ1) is 12.6. The van der Waals surface area contributed by atoms with Crippen molar-refractivity contribution in [2.24, 2.45) is 0 Å². The lowest BCUT2D eigenvalue weighted by atomic mass is 10.1. The van der Waals surface area contributed by atoms with Crippen molar-refractivity contribution in [2.75, 3.05) is 13.1 Å². The zero-order valence-corrected chi connectivity index (χ0v) is 15.9. The van der Waals surface area contributed by atoms with E-state index in [4.69, 9.17) is 27.6 Å². The first-order valence-electron chi connectivity index (χ1n) is 9.04. The molecule has 2 fully saturated rings. The Bertz CT molecular complexity index is 794. The van der Waals surface area contributed by atoms with E-state index in [9.17, 15) is 4.79 Å². The highest BCUT2D eigenvalue weighted by molar-refractivity contribution is 6.36. The highest BCUT2D eigenvalue weighted by atomic mass is 35.5. The van der Waals surface area contributed by atoms with Crippen LogP contribution in [0.5, 0.6) is 0 Å². The monoisotopic (exact) mass is 393 g/mol. The van der Waals surface area contributed by atoms with E-state index in [2.05, 4.69) is 15.2 Å².